The standard InChI is InChI=1S/C18H17NO3S/c1-21-15-9-8-13(10-16(15)22-2)17(20)14-11-23-18(19-14)12-6-4-3-5-7-12/h4,6-11H,3,5H2,1-2H3. The molecule has 0 aliphatic heterocycles. The maximum Gasteiger partial charge on any atom is 0.212 e. The molecule has 0 saturated heterocycles. The first-order valence-corrected chi connectivity index (χ1v) is 8.20. The highest BCUT2D eigenvalue weighted by Gasteiger charge is 2.17. The minimum absolute atomic E-state index is 0.117. The molecule has 0 unspecified atom stereocenters. The van der Waals surface area contributed by atoms with Gasteiger partial charge in [-0.25, -0.2) is 4.98 Å². The lowest BCUT2D eigenvalue weighted by Gasteiger charge is -2.08. The van der Waals surface area contributed by atoms with E-state index in [0.717, 1.165) is 23.4 Å². The van der Waals surface area contributed by atoms with E-state index in [4.69, 9.17) is 9.47 Å². The molecule has 1 aliphatic rings. The second kappa shape index (κ2) is 6.79. The van der Waals surface area contributed by atoms with Crippen LogP contribution in [0.3, 0.4) is 0 Å². The van der Waals surface area contributed by atoms with Gasteiger partial charge >= 0.3 is 0 Å². The summed E-state index contributed by atoms with van der Waals surface area (Å²) in [5.41, 5.74) is 2.08. The quantitative estimate of drug-likeness (QED) is 0.775. The molecule has 5 heteroatoms. The first kappa shape index (κ1) is 15.5. The largest absolute Gasteiger partial charge is 0.493 e. The molecule has 1 aromatic carbocycles. The van der Waals surface area contributed by atoms with Gasteiger partial charge in [0, 0.05) is 16.5 Å². The second-order valence-electron chi connectivity index (χ2n) is 5.08. The molecule has 4 nitrogen and oxygen atoms in total. The maximum absolute atomic E-state index is 12.6. The molecule has 0 N–H and O–H groups in total. The summed E-state index contributed by atoms with van der Waals surface area (Å²) in [4.78, 5) is 17.1. The van der Waals surface area contributed by atoms with Crippen LogP contribution in [0, 0.1) is 0 Å². The molecule has 0 bridgehead atoms. The van der Waals surface area contributed by atoms with Crippen LogP contribution in [0.5, 0.6) is 11.5 Å². The molecule has 23 heavy (non-hydrogen) atoms. The fourth-order valence-corrected chi connectivity index (χ4v) is 3.23. The average Bonchev–Trinajstić information content (AvgIpc) is 3.11. The number of allylic oxidation sites excluding steroid dienone is 4. The maximum atomic E-state index is 12.6. The monoisotopic (exact) mass is 327 g/mol. The van der Waals surface area contributed by atoms with Gasteiger partial charge in [0.25, 0.3) is 0 Å². The molecule has 0 amide bonds. The van der Waals surface area contributed by atoms with Crippen molar-refractivity contribution in [2.45, 2.75) is 12.8 Å². The summed E-state index contributed by atoms with van der Waals surface area (Å²) in [6.45, 7) is 0. The zero-order valence-electron chi connectivity index (χ0n) is 13.0. The minimum Gasteiger partial charge on any atom is -0.493 e. The minimum atomic E-state index is -0.117. The van der Waals surface area contributed by atoms with Crippen LogP contribution in [-0.2, 0) is 0 Å². The van der Waals surface area contributed by atoms with E-state index in [-0.39, 0.29) is 5.78 Å². The van der Waals surface area contributed by atoms with Crippen molar-refractivity contribution in [2.75, 3.05) is 14.2 Å². The third-order valence-corrected chi connectivity index (χ3v) is 4.52. The van der Waals surface area contributed by atoms with Crippen molar-refractivity contribution in [1.29, 1.82) is 0 Å². The zero-order chi connectivity index (χ0) is 16.2. The average molecular weight is 327 g/mol. The van der Waals surface area contributed by atoms with Gasteiger partial charge in [-0.3, -0.25) is 4.79 Å². The van der Waals surface area contributed by atoms with Crippen molar-refractivity contribution in [3.05, 3.63) is 58.1 Å². The molecule has 1 heterocycles. The molecule has 0 atom stereocenters. The molecule has 118 valence electrons. The highest BCUT2D eigenvalue weighted by Crippen LogP contribution is 2.29. The van der Waals surface area contributed by atoms with Gasteiger partial charge in [0.2, 0.25) is 5.78 Å². The van der Waals surface area contributed by atoms with E-state index in [2.05, 4.69) is 23.2 Å². The topological polar surface area (TPSA) is 48.4 Å². The number of hydrogen-bond acceptors (Lipinski definition) is 5. The summed E-state index contributed by atoms with van der Waals surface area (Å²) in [5, 5.41) is 2.68. The highest BCUT2D eigenvalue weighted by molar-refractivity contribution is 7.11. The molecule has 2 aromatic rings. The van der Waals surface area contributed by atoms with E-state index < -0.39 is 0 Å². The third kappa shape index (κ3) is 3.19. The Kier molecular flexibility index (Phi) is 4.57. The van der Waals surface area contributed by atoms with Crippen LogP contribution in [0.4, 0.5) is 0 Å². The Morgan fingerprint density at radius 2 is 2.00 bits per heavy atom. The Hall–Kier alpha value is -2.40. The van der Waals surface area contributed by atoms with Gasteiger partial charge < -0.3 is 9.47 Å². The number of thiazole rings is 1. The van der Waals surface area contributed by atoms with E-state index >= 15 is 0 Å². The summed E-state index contributed by atoms with van der Waals surface area (Å²) in [6, 6.07) is 5.13. The Labute approximate surface area is 139 Å². The van der Waals surface area contributed by atoms with E-state index in [0.29, 0.717) is 22.8 Å². The second-order valence-corrected chi connectivity index (χ2v) is 5.93. The van der Waals surface area contributed by atoms with Crippen molar-refractivity contribution < 1.29 is 14.3 Å². The van der Waals surface area contributed by atoms with Crippen LogP contribution in [0.25, 0.3) is 5.57 Å². The van der Waals surface area contributed by atoms with Crippen molar-refractivity contribution in [2.24, 2.45) is 0 Å². The number of benzene rings is 1. The first-order valence-electron chi connectivity index (χ1n) is 7.32. The van der Waals surface area contributed by atoms with Crippen molar-refractivity contribution in [1.82, 2.24) is 4.98 Å². The first-order chi connectivity index (χ1) is 11.2. The number of ketones is 1. The smallest absolute Gasteiger partial charge is 0.212 e. The van der Waals surface area contributed by atoms with Crippen molar-refractivity contribution in [3.8, 4) is 11.5 Å². The van der Waals surface area contributed by atoms with Crippen molar-refractivity contribution in [3.63, 3.8) is 0 Å². The SMILES string of the molecule is COc1ccc(C(=O)c2csc(C3=CCCC=C3)n2)cc1OC. The van der Waals surface area contributed by atoms with Gasteiger partial charge in [0.05, 0.1) is 14.2 Å². The predicted molar refractivity (Wildman–Crippen MR) is 91.4 cm³/mol. The molecule has 1 aromatic heterocycles. The van der Waals surface area contributed by atoms with Crippen LogP contribution >= 0.6 is 11.3 Å². The summed E-state index contributed by atoms with van der Waals surface area (Å²) in [7, 11) is 3.12. The molecule has 0 saturated carbocycles. The Balaban J connectivity index is 1.87. The number of aromatic nitrogens is 1. The fraction of sp³-hybridized carbons (Fsp3) is 0.222. The number of hydrogen-bond donors (Lipinski definition) is 0. The van der Waals surface area contributed by atoms with E-state index in [1.54, 1.807) is 37.8 Å². The summed E-state index contributed by atoms with van der Waals surface area (Å²) < 4.78 is 10.4. The lowest BCUT2D eigenvalue weighted by molar-refractivity contribution is 0.103. The fourth-order valence-electron chi connectivity index (χ4n) is 2.41. The number of methoxy groups -OCH3 is 2. The van der Waals surface area contributed by atoms with Crippen molar-refractivity contribution >= 4 is 22.7 Å². The molecule has 3 rings (SSSR count). The zero-order valence-corrected chi connectivity index (χ0v) is 13.9. The number of nitrogens with zero attached hydrogens (tertiary/aromatic N) is 1. The van der Waals surface area contributed by atoms with E-state index in [1.165, 1.54) is 11.3 Å². The lowest BCUT2D eigenvalue weighted by Crippen LogP contribution is -2.03. The van der Waals surface area contributed by atoms with Gasteiger partial charge in [-0.2, -0.15) is 0 Å². The number of carbonyl (C=O) groups excluding carboxylic acids is 1. The van der Waals surface area contributed by atoms with E-state index in [1.807, 2.05) is 0 Å². The molecule has 0 spiro atoms. The molecular weight excluding hydrogens is 310 g/mol. The Morgan fingerprint density at radius 3 is 2.70 bits per heavy atom. The Bertz CT molecular complexity index is 789. The van der Waals surface area contributed by atoms with Crippen LogP contribution in [0.15, 0.2) is 41.8 Å². The van der Waals surface area contributed by atoms with Gasteiger partial charge in [-0.1, -0.05) is 18.2 Å². The van der Waals surface area contributed by atoms with Crippen LogP contribution in [0.2, 0.25) is 0 Å². The van der Waals surface area contributed by atoms with Gasteiger partial charge in [-0.05, 0) is 31.0 Å². The van der Waals surface area contributed by atoms with E-state index in [9.17, 15) is 4.79 Å². The highest BCUT2D eigenvalue weighted by atomic mass is 32.1. The predicted octanol–water partition coefficient (Wildman–Crippen LogP) is 4.12. The van der Waals surface area contributed by atoms with Gasteiger partial charge in [0.1, 0.15) is 10.7 Å². The number of ether oxygens (including phenoxy) is 2. The summed E-state index contributed by atoms with van der Waals surface area (Å²) in [6.07, 6.45) is 8.43. The summed E-state index contributed by atoms with van der Waals surface area (Å²) >= 11 is 1.49. The lowest BCUT2D eigenvalue weighted by atomic mass is 10.1. The molecule has 0 radical (unpaired) electrons. The molecular formula is C18H17NO3S. The number of rotatable bonds is 5. The van der Waals surface area contributed by atoms with Crippen LogP contribution in [-0.4, -0.2) is 25.0 Å². The van der Waals surface area contributed by atoms with Crippen LogP contribution < -0.4 is 9.47 Å². The third-order valence-electron chi connectivity index (χ3n) is 3.62. The number of carbonyl (C=O) groups is 1. The summed E-state index contributed by atoms with van der Waals surface area (Å²) in [5.74, 6) is 1.01. The Morgan fingerprint density at radius 1 is 1.17 bits per heavy atom. The molecule has 1 aliphatic carbocycles. The normalized spacial score (nSPS) is 13.6. The van der Waals surface area contributed by atoms with Gasteiger partial charge in [0.15, 0.2) is 11.5 Å². The molecule has 0 fully saturated rings. The van der Waals surface area contributed by atoms with Crippen LogP contribution in [0.1, 0.15) is 33.9 Å². The van der Waals surface area contributed by atoms with Gasteiger partial charge in [-0.15, -0.1) is 11.3 Å².